The van der Waals surface area contributed by atoms with Crippen molar-refractivity contribution in [3.63, 3.8) is 0 Å². The van der Waals surface area contributed by atoms with Gasteiger partial charge in [0.05, 0.1) is 12.7 Å². The van der Waals surface area contributed by atoms with Crippen molar-refractivity contribution >= 4 is 5.82 Å². The van der Waals surface area contributed by atoms with Crippen molar-refractivity contribution in [1.29, 1.82) is 0 Å². The number of nitrogens with one attached hydrogen (secondary N) is 1. The Morgan fingerprint density at radius 3 is 3.00 bits per heavy atom. The van der Waals surface area contributed by atoms with Crippen LogP contribution < -0.4 is 10.1 Å². The first-order chi connectivity index (χ1) is 8.81. The van der Waals surface area contributed by atoms with Gasteiger partial charge in [0.15, 0.2) is 0 Å². The maximum Gasteiger partial charge on any atom is 0.221 e. The molecule has 2 heterocycles. The summed E-state index contributed by atoms with van der Waals surface area (Å²) < 4.78 is 7.06. The Kier molecular flexibility index (Phi) is 4.11. The molecule has 6 heteroatoms. The Balaban J connectivity index is 1.83. The zero-order chi connectivity index (χ0) is 12.8. The highest BCUT2D eigenvalue weighted by Gasteiger charge is 2.05. The Bertz CT molecular complexity index is 483. The van der Waals surface area contributed by atoms with E-state index in [2.05, 4.69) is 20.4 Å². The van der Waals surface area contributed by atoms with E-state index in [1.54, 1.807) is 13.3 Å². The lowest BCUT2D eigenvalue weighted by Gasteiger charge is -2.10. The second-order valence-electron chi connectivity index (χ2n) is 3.91. The molecule has 2 aromatic heterocycles. The van der Waals surface area contributed by atoms with Crippen LogP contribution in [0, 0.1) is 6.92 Å². The highest BCUT2D eigenvalue weighted by molar-refractivity contribution is 5.47. The number of rotatable bonds is 6. The van der Waals surface area contributed by atoms with Gasteiger partial charge in [-0.25, -0.2) is 9.97 Å². The lowest BCUT2D eigenvalue weighted by atomic mass is 10.3. The molecule has 0 fully saturated rings. The van der Waals surface area contributed by atoms with Crippen LogP contribution in [0.3, 0.4) is 0 Å². The zero-order valence-corrected chi connectivity index (χ0v) is 10.6. The molecular weight excluding hydrogens is 230 g/mol. The van der Waals surface area contributed by atoms with Crippen LogP contribution in [0.4, 0.5) is 5.82 Å². The van der Waals surface area contributed by atoms with E-state index < -0.39 is 0 Å². The number of ether oxygens (including phenoxy) is 1. The van der Waals surface area contributed by atoms with Crippen LogP contribution in [-0.4, -0.2) is 33.4 Å². The quantitative estimate of drug-likeness (QED) is 0.783. The van der Waals surface area contributed by atoms with E-state index in [1.165, 1.54) is 6.33 Å². The fourth-order valence-electron chi connectivity index (χ4n) is 1.70. The SMILES string of the molecule is COc1ncnc(NCCCn2cccn2)c1C. The van der Waals surface area contributed by atoms with Crippen molar-refractivity contribution in [3.8, 4) is 5.88 Å². The van der Waals surface area contributed by atoms with Crippen LogP contribution in [0.5, 0.6) is 5.88 Å². The van der Waals surface area contributed by atoms with Crippen molar-refractivity contribution in [1.82, 2.24) is 19.7 Å². The number of hydrogen-bond acceptors (Lipinski definition) is 5. The molecule has 1 N–H and O–H groups in total. The molecule has 0 aliphatic rings. The summed E-state index contributed by atoms with van der Waals surface area (Å²) in [4.78, 5) is 8.24. The number of methoxy groups -OCH3 is 1. The van der Waals surface area contributed by atoms with Crippen molar-refractivity contribution in [2.45, 2.75) is 19.9 Å². The largest absolute Gasteiger partial charge is 0.481 e. The van der Waals surface area contributed by atoms with Gasteiger partial charge in [-0.2, -0.15) is 5.10 Å². The molecule has 2 rings (SSSR count). The maximum absolute atomic E-state index is 5.15. The molecule has 0 aliphatic heterocycles. The molecule has 96 valence electrons. The second-order valence-corrected chi connectivity index (χ2v) is 3.91. The molecule has 0 amide bonds. The first kappa shape index (κ1) is 12.3. The van der Waals surface area contributed by atoms with Gasteiger partial charge in [0.2, 0.25) is 5.88 Å². The van der Waals surface area contributed by atoms with Gasteiger partial charge in [-0.1, -0.05) is 0 Å². The van der Waals surface area contributed by atoms with E-state index in [0.717, 1.165) is 30.9 Å². The zero-order valence-electron chi connectivity index (χ0n) is 10.6. The third-order valence-corrected chi connectivity index (χ3v) is 2.65. The van der Waals surface area contributed by atoms with E-state index in [9.17, 15) is 0 Å². The topological polar surface area (TPSA) is 64.9 Å². The molecule has 0 saturated heterocycles. The number of anilines is 1. The minimum atomic E-state index is 0.611. The Hall–Kier alpha value is -2.11. The van der Waals surface area contributed by atoms with Crippen molar-refractivity contribution in [3.05, 3.63) is 30.4 Å². The standard InChI is InChI=1S/C12H17N5O/c1-10-11(14-9-15-12(10)18-2)13-5-3-7-17-8-4-6-16-17/h4,6,8-9H,3,5,7H2,1-2H3,(H,13,14,15). The van der Waals surface area contributed by atoms with Gasteiger partial charge in [0.25, 0.3) is 0 Å². The molecule has 0 unspecified atom stereocenters. The molecule has 0 aliphatic carbocycles. The van der Waals surface area contributed by atoms with Gasteiger partial charge in [-0.05, 0) is 19.4 Å². The molecule has 2 aromatic rings. The first-order valence-electron chi connectivity index (χ1n) is 5.88. The molecule has 0 spiro atoms. The van der Waals surface area contributed by atoms with Gasteiger partial charge in [-0.15, -0.1) is 0 Å². The van der Waals surface area contributed by atoms with Crippen LogP contribution >= 0.6 is 0 Å². The summed E-state index contributed by atoms with van der Waals surface area (Å²) in [6, 6.07) is 1.92. The van der Waals surface area contributed by atoms with Crippen LogP contribution in [0.15, 0.2) is 24.8 Å². The predicted octanol–water partition coefficient (Wildman–Crippen LogP) is 1.49. The summed E-state index contributed by atoms with van der Waals surface area (Å²) in [7, 11) is 1.61. The fraction of sp³-hybridized carbons (Fsp3) is 0.417. The Morgan fingerprint density at radius 1 is 1.39 bits per heavy atom. The van der Waals surface area contributed by atoms with E-state index in [0.29, 0.717) is 5.88 Å². The minimum absolute atomic E-state index is 0.611. The maximum atomic E-state index is 5.15. The van der Waals surface area contributed by atoms with Crippen LogP contribution in [0.2, 0.25) is 0 Å². The van der Waals surface area contributed by atoms with Gasteiger partial charge in [0, 0.05) is 25.5 Å². The first-order valence-corrected chi connectivity index (χ1v) is 5.88. The second kappa shape index (κ2) is 6.00. The summed E-state index contributed by atoms with van der Waals surface area (Å²) in [6.07, 6.45) is 6.22. The summed E-state index contributed by atoms with van der Waals surface area (Å²) in [6.45, 7) is 3.66. The third-order valence-electron chi connectivity index (χ3n) is 2.65. The normalized spacial score (nSPS) is 10.3. The van der Waals surface area contributed by atoms with Gasteiger partial charge < -0.3 is 10.1 Å². The number of aromatic nitrogens is 4. The lowest BCUT2D eigenvalue weighted by Crippen LogP contribution is -2.09. The Morgan fingerprint density at radius 2 is 2.28 bits per heavy atom. The molecule has 0 bridgehead atoms. The summed E-state index contributed by atoms with van der Waals surface area (Å²) in [5.41, 5.74) is 0.930. The average Bonchev–Trinajstić information content (AvgIpc) is 2.89. The molecule has 0 saturated carbocycles. The summed E-state index contributed by atoms with van der Waals surface area (Å²) in [5, 5.41) is 7.43. The number of hydrogen-bond donors (Lipinski definition) is 1. The van der Waals surface area contributed by atoms with E-state index in [-0.39, 0.29) is 0 Å². The third kappa shape index (κ3) is 2.97. The van der Waals surface area contributed by atoms with Crippen LogP contribution in [0.25, 0.3) is 0 Å². The monoisotopic (exact) mass is 247 g/mol. The molecule has 6 nitrogen and oxygen atoms in total. The fourth-order valence-corrected chi connectivity index (χ4v) is 1.70. The highest BCUT2D eigenvalue weighted by atomic mass is 16.5. The van der Waals surface area contributed by atoms with Crippen LogP contribution in [-0.2, 0) is 6.54 Å². The van der Waals surface area contributed by atoms with Gasteiger partial charge in [0.1, 0.15) is 12.1 Å². The molecular formula is C12H17N5O. The smallest absolute Gasteiger partial charge is 0.221 e. The van der Waals surface area contributed by atoms with Gasteiger partial charge >= 0.3 is 0 Å². The average molecular weight is 247 g/mol. The van der Waals surface area contributed by atoms with E-state index in [1.807, 2.05) is 23.9 Å². The minimum Gasteiger partial charge on any atom is -0.481 e. The molecule has 18 heavy (non-hydrogen) atoms. The van der Waals surface area contributed by atoms with Crippen molar-refractivity contribution in [2.24, 2.45) is 0 Å². The molecule has 0 atom stereocenters. The summed E-state index contributed by atoms with van der Waals surface area (Å²) in [5.74, 6) is 1.43. The summed E-state index contributed by atoms with van der Waals surface area (Å²) >= 11 is 0. The number of aryl methyl sites for hydroxylation is 1. The molecule has 0 aromatic carbocycles. The highest BCUT2D eigenvalue weighted by Crippen LogP contribution is 2.19. The Labute approximate surface area is 106 Å². The van der Waals surface area contributed by atoms with Crippen molar-refractivity contribution in [2.75, 3.05) is 19.0 Å². The van der Waals surface area contributed by atoms with Crippen LogP contribution in [0.1, 0.15) is 12.0 Å². The predicted molar refractivity (Wildman–Crippen MR) is 68.7 cm³/mol. The number of nitrogens with zero attached hydrogens (tertiary/aromatic N) is 4. The van der Waals surface area contributed by atoms with Crippen molar-refractivity contribution < 1.29 is 4.74 Å². The van der Waals surface area contributed by atoms with E-state index in [4.69, 9.17) is 4.74 Å². The molecule has 0 radical (unpaired) electrons. The lowest BCUT2D eigenvalue weighted by molar-refractivity contribution is 0.393. The van der Waals surface area contributed by atoms with E-state index >= 15 is 0 Å². The van der Waals surface area contributed by atoms with Gasteiger partial charge in [-0.3, -0.25) is 4.68 Å².